The summed E-state index contributed by atoms with van der Waals surface area (Å²) in [4.78, 5) is 0. The van der Waals surface area contributed by atoms with Gasteiger partial charge in [0.15, 0.2) is 0 Å². The average Bonchev–Trinajstić information content (AvgIpc) is 2.16. The molecule has 0 spiro atoms. The van der Waals surface area contributed by atoms with E-state index < -0.39 is 0 Å². The van der Waals surface area contributed by atoms with Gasteiger partial charge in [-0.3, -0.25) is 0 Å². The first-order valence-electron chi connectivity index (χ1n) is 6.99. The molecule has 0 aromatic rings. The number of aliphatic hydroxyl groups is 1. The zero-order chi connectivity index (χ0) is 12.0. The number of aliphatic hydroxyl groups excluding tert-OH is 1. The third-order valence-corrected chi connectivity index (χ3v) is 3.58. The van der Waals surface area contributed by atoms with Crippen LogP contribution in [0.25, 0.3) is 0 Å². The van der Waals surface area contributed by atoms with Crippen LogP contribution in [-0.2, 0) is 0 Å². The van der Waals surface area contributed by atoms with Crippen molar-refractivity contribution in [1.82, 2.24) is 5.32 Å². The summed E-state index contributed by atoms with van der Waals surface area (Å²) < 4.78 is 0. The number of nitrogens with one attached hydrogen (secondary N) is 1. The van der Waals surface area contributed by atoms with Gasteiger partial charge in [-0.25, -0.2) is 0 Å². The molecule has 1 aliphatic carbocycles. The molecule has 3 unspecified atom stereocenters. The van der Waals surface area contributed by atoms with Gasteiger partial charge in [-0.2, -0.15) is 0 Å². The third kappa shape index (κ3) is 5.86. The van der Waals surface area contributed by atoms with Crippen LogP contribution in [0.1, 0.15) is 59.3 Å². The van der Waals surface area contributed by atoms with Crippen molar-refractivity contribution in [3.63, 3.8) is 0 Å². The maximum atomic E-state index is 9.21. The lowest BCUT2D eigenvalue weighted by Gasteiger charge is -2.31. The van der Waals surface area contributed by atoms with Crippen molar-refractivity contribution < 1.29 is 5.11 Å². The van der Waals surface area contributed by atoms with E-state index in [2.05, 4.69) is 19.2 Å². The molecule has 1 rings (SSSR count). The molecule has 0 heterocycles. The Bertz CT molecular complexity index is 180. The van der Waals surface area contributed by atoms with E-state index in [1.165, 1.54) is 32.1 Å². The van der Waals surface area contributed by atoms with Crippen LogP contribution < -0.4 is 5.32 Å². The molecule has 16 heavy (non-hydrogen) atoms. The predicted octanol–water partition coefficient (Wildman–Crippen LogP) is 2.95. The van der Waals surface area contributed by atoms with Crippen molar-refractivity contribution in [2.75, 3.05) is 6.54 Å². The second-order valence-electron chi connectivity index (χ2n) is 5.95. The number of rotatable bonds is 6. The van der Waals surface area contributed by atoms with Crippen LogP contribution in [0.4, 0.5) is 0 Å². The summed E-state index contributed by atoms with van der Waals surface area (Å²) in [7, 11) is 0. The summed E-state index contributed by atoms with van der Waals surface area (Å²) in [5, 5.41) is 12.8. The van der Waals surface area contributed by atoms with E-state index in [9.17, 15) is 5.11 Å². The smallest absolute Gasteiger partial charge is 0.0524 e. The van der Waals surface area contributed by atoms with Gasteiger partial charge in [-0.15, -0.1) is 0 Å². The predicted molar refractivity (Wildman–Crippen MR) is 69.5 cm³/mol. The molecule has 1 saturated carbocycles. The molecule has 0 amide bonds. The Labute approximate surface area is 101 Å². The van der Waals surface area contributed by atoms with Crippen molar-refractivity contribution in [2.45, 2.75) is 71.4 Å². The molecular weight excluding hydrogens is 198 g/mol. The van der Waals surface area contributed by atoms with Gasteiger partial charge in [0, 0.05) is 6.04 Å². The van der Waals surface area contributed by atoms with Crippen LogP contribution in [0.15, 0.2) is 0 Å². The first kappa shape index (κ1) is 14.0. The van der Waals surface area contributed by atoms with Gasteiger partial charge < -0.3 is 10.4 Å². The zero-order valence-electron chi connectivity index (χ0n) is 11.2. The molecule has 1 fully saturated rings. The molecule has 0 radical (unpaired) electrons. The quantitative estimate of drug-likeness (QED) is 0.731. The second kappa shape index (κ2) is 7.29. The standard InChI is InChI=1S/C14H29NO/c1-11(2)9-13-5-4-6-14(10-13)15-8-7-12(3)16/h11-16H,4-10H2,1-3H3. The number of hydrogen-bond donors (Lipinski definition) is 2. The van der Waals surface area contributed by atoms with Gasteiger partial charge in [-0.1, -0.05) is 26.7 Å². The Morgan fingerprint density at radius 1 is 1.25 bits per heavy atom. The highest BCUT2D eigenvalue weighted by atomic mass is 16.3. The molecule has 0 aromatic heterocycles. The van der Waals surface area contributed by atoms with Gasteiger partial charge in [0.25, 0.3) is 0 Å². The lowest BCUT2D eigenvalue weighted by molar-refractivity contribution is 0.177. The Balaban J connectivity index is 2.17. The van der Waals surface area contributed by atoms with Gasteiger partial charge >= 0.3 is 0 Å². The van der Waals surface area contributed by atoms with Crippen LogP contribution in [0, 0.1) is 11.8 Å². The Kier molecular flexibility index (Phi) is 6.37. The molecular formula is C14H29NO. The van der Waals surface area contributed by atoms with Crippen molar-refractivity contribution in [3.8, 4) is 0 Å². The number of hydrogen-bond acceptors (Lipinski definition) is 2. The van der Waals surface area contributed by atoms with E-state index in [0.29, 0.717) is 6.04 Å². The zero-order valence-corrected chi connectivity index (χ0v) is 11.2. The highest BCUT2D eigenvalue weighted by molar-refractivity contribution is 4.78. The van der Waals surface area contributed by atoms with Gasteiger partial charge in [0.2, 0.25) is 0 Å². The minimum absolute atomic E-state index is 0.164. The molecule has 0 bridgehead atoms. The van der Waals surface area contributed by atoms with E-state index in [1.54, 1.807) is 0 Å². The summed E-state index contributed by atoms with van der Waals surface area (Å²) in [6, 6.07) is 0.705. The maximum absolute atomic E-state index is 9.21. The summed E-state index contributed by atoms with van der Waals surface area (Å²) in [6.45, 7) is 7.48. The first-order chi connectivity index (χ1) is 7.58. The molecule has 96 valence electrons. The van der Waals surface area contributed by atoms with Gasteiger partial charge in [-0.05, 0) is 51.0 Å². The maximum Gasteiger partial charge on any atom is 0.0524 e. The summed E-state index contributed by atoms with van der Waals surface area (Å²) in [5.74, 6) is 1.76. The van der Waals surface area contributed by atoms with Crippen molar-refractivity contribution >= 4 is 0 Å². The summed E-state index contributed by atoms with van der Waals surface area (Å²) in [6.07, 6.45) is 7.57. The van der Waals surface area contributed by atoms with E-state index in [0.717, 1.165) is 24.8 Å². The molecule has 2 heteroatoms. The topological polar surface area (TPSA) is 32.3 Å². The molecule has 0 aliphatic heterocycles. The van der Waals surface area contributed by atoms with E-state index >= 15 is 0 Å². The van der Waals surface area contributed by atoms with E-state index in [1.807, 2.05) is 6.92 Å². The van der Waals surface area contributed by atoms with E-state index in [4.69, 9.17) is 0 Å². The van der Waals surface area contributed by atoms with Crippen molar-refractivity contribution in [3.05, 3.63) is 0 Å². The van der Waals surface area contributed by atoms with E-state index in [-0.39, 0.29) is 6.10 Å². The highest BCUT2D eigenvalue weighted by Crippen LogP contribution is 2.29. The minimum atomic E-state index is -0.164. The van der Waals surface area contributed by atoms with Crippen LogP contribution in [0.3, 0.4) is 0 Å². The Hall–Kier alpha value is -0.0800. The second-order valence-corrected chi connectivity index (χ2v) is 5.95. The fraction of sp³-hybridized carbons (Fsp3) is 1.00. The molecule has 3 atom stereocenters. The molecule has 0 aromatic carbocycles. The molecule has 2 N–H and O–H groups in total. The van der Waals surface area contributed by atoms with Crippen LogP contribution in [0.5, 0.6) is 0 Å². The van der Waals surface area contributed by atoms with Crippen molar-refractivity contribution in [2.24, 2.45) is 11.8 Å². The SMILES string of the molecule is CC(C)CC1CCCC(NCCC(C)O)C1. The fourth-order valence-electron chi connectivity index (χ4n) is 2.85. The molecule has 0 saturated heterocycles. The summed E-state index contributed by atoms with van der Waals surface area (Å²) in [5.41, 5.74) is 0. The minimum Gasteiger partial charge on any atom is -0.393 e. The first-order valence-corrected chi connectivity index (χ1v) is 6.99. The third-order valence-electron chi connectivity index (χ3n) is 3.58. The fourth-order valence-corrected chi connectivity index (χ4v) is 2.85. The van der Waals surface area contributed by atoms with Gasteiger partial charge in [0.1, 0.15) is 0 Å². The normalized spacial score (nSPS) is 28.3. The van der Waals surface area contributed by atoms with Crippen molar-refractivity contribution in [1.29, 1.82) is 0 Å². The monoisotopic (exact) mass is 227 g/mol. The largest absolute Gasteiger partial charge is 0.393 e. The lowest BCUT2D eigenvalue weighted by Crippen LogP contribution is -2.35. The molecule has 1 aliphatic rings. The molecule has 2 nitrogen and oxygen atoms in total. The lowest BCUT2D eigenvalue weighted by atomic mass is 9.81. The average molecular weight is 227 g/mol. The van der Waals surface area contributed by atoms with Crippen LogP contribution >= 0.6 is 0 Å². The van der Waals surface area contributed by atoms with Gasteiger partial charge in [0.05, 0.1) is 6.10 Å². The Morgan fingerprint density at radius 3 is 2.62 bits per heavy atom. The highest BCUT2D eigenvalue weighted by Gasteiger charge is 2.21. The Morgan fingerprint density at radius 2 is 2.00 bits per heavy atom. The van der Waals surface area contributed by atoms with Crippen LogP contribution in [-0.4, -0.2) is 23.8 Å². The summed E-state index contributed by atoms with van der Waals surface area (Å²) >= 11 is 0. The van der Waals surface area contributed by atoms with Crippen LogP contribution in [0.2, 0.25) is 0 Å².